The third-order valence-electron chi connectivity index (χ3n) is 2.30. The Bertz CT molecular complexity index is 121. The average Bonchev–Trinajstić information content (AvgIpc) is 1.85. The Balaban J connectivity index is 2.37. The van der Waals surface area contributed by atoms with E-state index in [0.29, 0.717) is 6.04 Å². The third-order valence-corrected chi connectivity index (χ3v) is 3.50. The van der Waals surface area contributed by atoms with E-state index in [4.69, 9.17) is 10.5 Å². The molecule has 0 amide bonds. The Morgan fingerprint density at radius 2 is 2.36 bits per heavy atom. The van der Waals surface area contributed by atoms with Gasteiger partial charge in [0.25, 0.3) is 0 Å². The van der Waals surface area contributed by atoms with Crippen molar-refractivity contribution in [3.05, 3.63) is 0 Å². The second-order valence-corrected chi connectivity index (χ2v) is 5.76. The van der Waals surface area contributed by atoms with Crippen LogP contribution in [0.15, 0.2) is 0 Å². The van der Waals surface area contributed by atoms with Gasteiger partial charge in [0.15, 0.2) is 0 Å². The minimum Gasteiger partial charge on any atom is -0.379 e. The lowest BCUT2D eigenvalue weighted by Crippen LogP contribution is -2.41. The fraction of sp³-hybridized carbons (Fsp3) is 1.00. The third kappa shape index (κ3) is 2.93. The van der Waals surface area contributed by atoms with Crippen molar-refractivity contribution in [2.45, 2.75) is 43.9 Å². The summed E-state index contributed by atoms with van der Waals surface area (Å²) in [6, 6.07) is 0.297. The summed E-state index contributed by atoms with van der Waals surface area (Å²) in [6.45, 7) is 3.02. The lowest BCUT2D eigenvalue weighted by molar-refractivity contribution is -0.0254. The topological polar surface area (TPSA) is 35.2 Å². The summed E-state index contributed by atoms with van der Waals surface area (Å²) in [7, 11) is 1.13. The van der Waals surface area contributed by atoms with Crippen molar-refractivity contribution in [2.24, 2.45) is 5.73 Å². The van der Waals surface area contributed by atoms with Gasteiger partial charge in [0.1, 0.15) is 0 Å². The fourth-order valence-electron chi connectivity index (χ4n) is 1.83. The summed E-state index contributed by atoms with van der Waals surface area (Å²) in [4.78, 5) is 0. The monoisotopic (exact) mass is 173 g/mol. The van der Waals surface area contributed by atoms with E-state index < -0.39 is 0 Å². The van der Waals surface area contributed by atoms with Crippen LogP contribution in [-0.2, 0) is 4.74 Å². The minimum absolute atomic E-state index is 0.215. The molecule has 1 aliphatic heterocycles. The first-order valence-corrected chi connectivity index (χ1v) is 5.52. The number of hydrogen-bond donors (Lipinski definition) is 1. The quantitative estimate of drug-likeness (QED) is 0.596. The van der Waals surface area contributed by atoms with Gasteiger partial charge in [0, 0.05) is 22.9 Å². The average molecular weight is 173 g/mol. The molecular weight excluding hydrogens is 154 g/mol. The molecule has 0 aromatic rings. The van der Waals surface area contributed by atoms with Gasteiger partial charge < -0.3 is 10.5 Å². The molecular formula is C8H19NOSi. The molecule has 0 bridgehead atoms. The molecule has 1 heterocycles. The maximum Gasteiger partial charge on any atom is 0.0500 e. The predicted octanol–water partition coefficient (Wildman–Crippen LogP) is -0.0141. The van der Waals surface area contributed by atoms with Gasteiger partial charge in [-0.3, -0.25) is 0 Å². The highest BCUT2D eigenvalue weighted by Gasteiger charge is 2.28. The smallest absolute Gasteiger partial charge is 0.0500 e. The van der Waals surface area contributed by atoms with E-state index in [1.165, 1.54) is 19.3 Å². The van der Waals surface area contributed by atoms with Gasteiger partial charge in [-0.05, 0) is 32.6 Å². The number of ether oxygens (including phenoxy) is 1. The SMILES string of the molecule is CC(N)CC1([SiH3])CCCCO1. The van der Waals surface area contributed by atoms with Crippen molar-refractivity contribution in [2.75, 3.05) is 6.61 Å². The van der Waals surface area contributed by atoms with Crippen LogP contribution in [0.5, 0.6) is 0 Å². The van der Waals surface area contributed by atoms with Gasteiger partial charge in [-0.1, -0.05) is 0 Å². The first-order chi connectivity index (χ1) is 5.12. The van der Waals surface area contributed by atoms with E-state index in [0.717, 1.165) is 23.3 Å². The zero-order valence-corrected chi connectivity index (χ0v) is 9.60. The first kappa shape index (κ1) is 9.23. The molecule has 0 saturated carbocycles. The molecule has 0 aromatic carbocycles. The first-order valence-electron chi connectivity index (χ1n) is 4.52. The Morgan fingerprint density at radius 1 is 1.64 bits per heavy atom. The van der Waals surface area contributed by atoms with Gasteiger partial charge in [-0.25, -0.2) is 0 Å². The normalized spacial score (nSPS) is 35.5. The Kier molecular flexibility index (Phi) is 3.10. The zero-order chi connectivity index (χ0) is 8.32. The van der Waals surface area contributed by atoms with Crippen LogP contribution in [0, 0.1) is 0 Å². The molecule has 0 aromatic heterocycles. The zero-order valence-electron chi connectivity index (χ0n) is 7.60. The maximum absolute atomic E-state index is 5.76. The fourth-order valence-corrected chi connectivity index (χ4v) is 3.04. The Hall–Kier alpha value is 0.137. The van der Waals surface area contributed by atoms with E-state index in [-0.39, 0.29) is 5.22 Å². The molecule has 1 fully saturated rings. The van der Waals surface area contributed by atoms with E-state index in [1.807, 2.05) is 0 Å². The lowest BCUT2D eigenvalue weighted by Gasteiger charge is -2.35. The second kappa shape index (κ2) is 3.69. The molecule has 1 rings (SSSR count). The van der Waals surface area contributed by atoms with Crippen molar-refractivity contribution < 1.29 is 4.74 Å². The van der Waals surface area contributed by atoms with Gasteiger partial charge in [0.05, 0.1) is 5.22 Å². The molecule has 1 saturated heterocycles. The van der Waals surface area contributed by atoms with Crippen LogP contribution < -0.4 is 5.73 Å². The van der Waals surface area contributed by atoms with Crippen LogP contribution in [-0.4, -0.2) is 28.1 Å². The molecule has 2 N–H and O–H groups in total. The Morgan fingerprint density at radius 3 is 2.82 bits per heavy atom. The van der Waals surface area contributed by atoms with Crippen LogP contribution in [0.4, 0.5) is 0 Å². The molecule has 2 nitrogen and oxygen atoms in total. The van der Waals surface area contributed by atoms with Crippen molar-refractivity contribution in [1.82, 2.24) is 0 Å². The summed E-state index contributed by atoms with van der Waals surface area (Å²) >= 11 is 0. The predicted molar refractivity (Wildman–Crippen MR) is 50.7 cm³/mol. The number of nitrogens with two attached hydrogens (primary N) is 1. The molecule has 2 unspecified atom stereocenters. The molecule has 66 valence electrons. The van der Waals surface area contributed by atoms with Crippen LogP contribution >= 0.6 is 0 Å². The molecule has 0 radical (unpaired) electrons. The van der Waals surface area contributed by atoms with Crippen molar-refractivity contribution >= 4 is 10.2 Å². The van der Waals surface area contributed by atoms with Crippen molar-refractivity contribution in [3.8, 4) is 0 Å². The van der Waals surface area contributed by atoms with E-state index in [9.17, 15) is 0 Å². The lowest BCUT2D eigenvalue weighted by atomic mass is 10.0. The highest BCUT2D eigenvalue weighted by Crippen LogP contribution is 2.25. The highest BCUT2D eigenvalue weighted by molar-refractivity contribution is 6.14. The summed E-state index contributed by atoms with van der Waals surface area (Å²) in [5.41, 5.74) is 5.75. The van der Waals surface area contributed by atoms with Gasteiger partial charge in [0.2, 0.25) is 0 Å². The van der Waals surface area contributed by atoms with Gasteiger partial charge in [-0.15, -0.1) is 0 Å². The largest absolute Gasteiger partial charge is 0.379 e. The summed E-state index contributed by atoms with van der Waals surface area (Å²) in [5, 5.41) is 0.215. The highest BCUT2D eigenvalue weighted by atomic mass is 28.1. The molecule has 0 spiro atoms. The molecule has 11 heavy (non-hydrogen) atoms. The van der Waals surface area contributed by atoms with E-state index in [2.05, 4.69) is 6.92 Å². The summed E-state index contributed by atoms with van der Waals surface area (Å²) < 4.78 is 5.76. The summed E-state index contributed by atoms with van der Waals surface area (Å²) in [6.07, 6.45) is 4.86. The van der Waals surface area contributed by atoms with E-state index >= 15 is 0 Å². The van der Waals surface area contributed by atoms with Gasteiger partial charge in [-0.2, -0.15) is 0 Å². The molecule has 2 atom stereocenters. The standard InChI is InChI=1S/C8H19NOSi/c1-7(9)6-8(11)4-2-3-5-10-8/h7H,2-6,9H2,1,11H3. The van der Waals surface area contributed by atoms with Crippen molar-refractivity contribution in [1.29, 1.82) is 0 Å². The molecule has 3 heteroatoms. The summed E-state index contributed by atoms with van der Waals surface area (Å²) in [5.74, 6) is 0. The van der Waals surface area contributed by atoms with Crippen molar-refractivity contribution in [3.63, 3.8) is 0 Å². The van der Waals surface area contributed by atoms with Crippen LogP contribution in [0.2, 0.25) is 0 Å². The number of hydrogen-bond acceptors (Lipinski definition) is 2. The Labute approximate surface area is 71.9 Å². The molecule has 0 aliphatic carbocycles. The van der Waals surface area contributed by atoms with E-state index in [1.54, 1.807) is 0 Å². The minimum atomic E-state index is 0.215. The van der Waals surface area contributed by atoms with Crippen LogP contribution in [0.3, 0.4) is 0 Å². The van der Waals surface area contributed by atoms with Crippen LogP contribution in [0.1, 0.15) is 32.6 Å². The molecule has 1 aliphatic rings. The van der Waals surface area contributed by atoms with Gasteiger partial charge >= 0.3 is 0 Å². The maximum atomic E-state index is 5.76. The number of rotatable bonds is 2. The second-order valence-electron chi connectivity index (χ2n) is 3.94. The van der Waals surface area contributed by atoms with Crippen LogP contribution in [0.25, 0.3) is 0 Å².